The van der Waals surface area contributed by atoms with E-state index >= 15 is 0 Å². The molecule has 1 saturated heterocycles. The summed E-state index contributed by atoms with van der Waals surface area (Å²) in [6.45, 7) is 5.66. The van der Waals surface area contributed by atoms with Gasteiger partial charge in [0, 0.05) is 32.2 Å². The molecular weight excluding hydrogens is 266 g/mol. The first-order valence-corrected chi connectivity index (χ1v) is 7.58. The molecule has 0 atom stereocenters. The molecule has 2 rings (SSSR count). The summed E-state index contributed by atoms with van der Waals surface area (Å²) in [4.78, 5) is 6.01. The first-order valence-electron chi connectivity index (χ1n) is 6.14. The highest BCUT2D eigenvalue weighted by atomic mass is 32.2. The van der Waals surface area contributed by atoms with Gasteiger partial charge in [0.25, 0.3) is 10.0 Å². The maximum Gasteiger partial charge on any atom is 0.262 e. The van der Waals surface area contributed by atoms with Crippen LogP contribution in [0.2, 0.25) is 0 Å². The summed E-state index contributed by atoms with van der Waals surface area (Å²) < 4.78 is 28.2. The summed E-state index contributed by atoms with van der Waals surface area (Å²) >= 11 is 0. The van der Waals surface area contributed by atoms with Gasteiger partial charge in [-0.25, -0.2) is 13.4 Å². The van der Waals surface area contributed by atoms with Crippen LogP contribution in [0.3, 0.4) is 0 Å². The lowest BCUT2D eigenvalue weighted by Gasteiger charge is -2.44. The van der Waals surface area contributed by atoms with E-state index in [9.17, 15) is 8.42 Å². The van der Waals surface area contributed by atoms with Crippen molar-refractivity contribution >= 4 is 15.8 Å². The van der Waals surface area contributed by atoms with Crippen LogP contribution in [0.25, 0.3) is 0 Å². The molecule has 0 aliphatic carbocycles. The molecule has 1 aliphatic rings. The summed E-state index contributed by atoms with van der Waals surface area (Å²) in [5.41, 5.74) is 5.49. The minimum atomic E-state index is -3.59. The van der Waals surface area contributed by atoms with E-state index in [2.05, 4.69) is 9.88 Å². The first kappa shape index (κ1) is 14.3. The number of hydrogen-bond acceptors (Lipinski definition) is 5. The Morgan fingerprint density at radius 3 is 2.42 bits per heavy atom. The Kier molecular flexibility index (Phi) is 3.36. The van der Waals surface area contributed by atoms with E-state index in [-0.39, 0.29) is 16.4 Å². The topological polar surface area (TPSA) is 84.5 Å². The predicted molar refractivity (Wildman–Crippen MR) is 73.1 cm³/mol. The van der Waals surface area contributed by atoms with Crippen molar-refractivity contribution in [2.75, 3.05) is 32.4 Å². The van der Waals surface area contributed by atoms with Crippen molar-refractivity contribution in [3.63, 3.8) is 0 Å². The molecule has 8 heteroatoms. The summed E-state index contributed by atoms with van der Waals surface area (Å²) in [6.07, 6.45) is 1.42. The molecule has 0 spiro atoms. The fraction of sp³-hybridized carbons (Fsp3) is 0.727. The lowest BCUT2D eigenvalue weighted by atomic mass is 10.0. The molecule has 0 amide bonds. The van der Waals surface area contributed by atoms with Crippen LogP contribution in [-0.4, -0.2) is 59.4 Å². The predicted octanol–water partition coefficient (Wildman–Crippen LogP) is -0.283. The highest BCUT2D eigenvalue weighted by Gasteiger charge is 2.39. The summed E-state index contributed by atoms with van der Waals surface area (Å²) in [5, 5.41) is 0.0767. The van der Waals surface area contributed by atoms with Crippen molar-refractivity contribution in [3.05, 3.63) is 6.33 Å². The number of aryl methyl sites for hydroxylation is 1. The Morgan fingerprint density at radius 1 is 1.32 bits per heavy atom. The van der Waals surface area contributed by atoms with Crippen LogP contribution in [0, 0.1) is 0 Å². The van der Waals surface area contributed by atoms with E-state index in [1.165, 1.54) is 15.2 Å². The fourth-order valence-corrected chi connectivity index (χ4v) is 4.05. The lowest BCUT2D eigenvalue weighted by molar-refractivity contribution is 0.0799. The van der Waals surface area contributed by atoms with E-state index in [1.54, 1.807) is 7.05 Å². The summed E-state index contributed by atoms with van der Waals surface area (Å²) in [5.74, 6) is 0.0548. The zero-order chi connectivity index (χ0) is 14.4. The number of hydrogen-bond donors (Lipinski definition) is 1. The maximum atomic E-state index is 12.7. The Bertz CT molecular complexity index is 558. The van der Waals surface area contributed by atoms with E-state index in [1.807, 2.05) is 20.9 Å². The number of sulfonamides is 1. The average Bonchev–Trinajstić information content (AvgIpc) is 2.62. The van der Waals surface area contributed by atoms with E-state index in [0.717, 1.165) is 0 Å². The number of piperazine rings is 1. The van der Waals surface area contributed by atoms with Crippen LogP contribution in [0.15, 0.2) is 11.4 Å². The molecule has 19 heavy (non-hydrogen) atoms. The highest BCUT2D eigenvalue weighted by Crippen LogP contribution is 2.26. The second kappa shape index (κ2) is 4.46. The van der Waals surface area contributed by atoms with Gasteiger partial charge in [-0.3, -0.25) is 4.90 Å². The molecule has 0 radical (unpaired) electrons. The third kappa shape index (κ3) is 2.35. The van der Waals surface area contributed by atoms with Crippen molar-refractivity contribution in [2.24, 2.45) is 7.05 Å². The van der Waals surface area contributed by atoms with Crippen molar-refractivity contribution in [3.8, 4) is 0 Å². The van der Waals surface area contributed by atoms with Gasteiger partial charge in [-0.1, -0.05) is 0 Å². The maximum absolute atomic E-state index is 12.7. The number of likely N-dealkylation sites (N-methyl/N-ethyl adjacent to an activating group) is 1. The molecule has 1 aromatic rings. The minimum absolute atomic E-state index is 0.0548. The van der Waals surface area contributed by atoms with Crippen LogP contribution in [-0.2, 0) is 17.1 Å². The summed E-state index contributed by atoms with van der Waals surface area (Å²) in [6, 6.07) is 0. The number of nitrogen functional groups attached to an aromatic ring is 1. The van der Waals surface area contributed by atoms with Gasteiger partial charge in [-0.15, -0.1) is 0 Å². The van der Waals surface area contributed by atoms with Gasteiger partial charge in [0.05, 0.1) is 6.33 Å². The van der Waals surface area contributed by atoms with Crippen LogP contribution in [0.1, 0.15) is 13.8 Å². The van der Waals surface area contributed by atoms with Crippen molar-refractivity contribution in [1.29, 1.82) is 0 Å². The van der Waals surface area contributed by atoms with E-state index in [0.29, 0.717) is 19.6 Å². The molecule has 1 fully saturated rings. The molecule has 0 saturated carbocycles. The minimum Gasteiger partial charge on any atom is -0.381 e. The monoisotopic (exact) mass is 287 g/mol. The molecule has 1 aliphatic heterocycles. The van der Waals surface area contributed by atoms with Crippen molar-refractivity contribution in [2.45, 2.75) is 24.4 Å². The Balaban J connectivity index is 2.37. The standard InChI is InChI=1S/C11H21N5O2S/c1-11(2)7-16(6-5-15(11)4)19(17,18)10-9(12)13-8-14(10)3/h8H,5-7,12H2,1-4H3. The Morgan fingerprint density at radius 2 is 1.95 bits per heavy atom. The third-order valence-corrected chi connectivity index (χ3v) is 5.75. The number of nitrogens with two attached hydrogens (primary N) is 1. The zero-order valence-corrected chi connectivity index (χ0v) is 12.6. The third-order valence-electron chi connectivity index (χ3n) is 3.78. The van der Waals surface area contributed by atoms with Crippen LogP contribution < -0.4 is 5.73 Å². The SMILES string of the molecule is CN1CCN(S(=O)(=O)c2c(N)ncn2C)CC1(C)C. The number of anilines is 1. The molecule has 0 bridgehead atoms. The number of imidazole rings is 1. The summed E-state index contributed by atoms with van der Waals surface area (Å²) in [7, 11) is 0.0464. The van der Waals surface area contributed by atoms with Crippen molar-refractivity contribution in [1.82, 2.24) is 18.8 Å². The van der Waals surface area contributed by atoms with Gasteiger partial charge in [-0.2, -0.15) is 4.31 Å². The lowest BCUT2D eigenvalue weighted by Crippen LogP contribution is -2.58. The van der Waals surface area contributed by atoms with Crippen LogP contribution in [0.4, 0.5) is 5.82 Å². The molecular formula is C11H21N5O2S. The van der Waals surface area contributed by atoms with Gasteiger partial charge in [0.1, 0.15) is 0 Å². The van der Waals surface area contributed by atoms with Gasteiger partial charge in [0.2, 0.25) is 0 Å². The Hall–Kier alpha value is -1.12. The average molecular weight is 287 g/mol. The molecule has 7 nitrogen and oxygen atoms in total. The van der Waals surface area contributed by atoms with Gasteiger partial charge in [-0.05, 0) is 20.9 Å². The Labute approximate surface area is 114 Å². The normalized spacial score (nSPS) is 21.7. The van der Waals surface area contributed by atoms with Gasteiger partial charge < -0.3 is 10.3 Å². The number of rotatable bonds is 2. The quantitative estimate of drug-likeness (QED) is 0.808. The molecule has 2 heterocycles. The number of aromatic nitrogens is 2. The van der Waals surface area contributed by atoms with Gasteiger partial charge >= 0.3 is 0 Å². The smallest absolute Gasteiger partial charge is 0.262 e. The van der Waals surface area contributed by atoms with Crippen LogP contribution >= 0.6 is 0 Å². The highest BCUT2D eigenvalue weighted by molar-refractivity contribution is 7.89. The van der Waals surface area contributed by atoms with Crippen molar-refractivity contribution < 1.29 is 8.42 Å². The molecule has 0 unspecified atom stereocenters. The number of nitrogens with zero attached hydrogens (tertiary/aromatic N) is 4. The molecule has 1 aromatic heterocycles. The fourth-order valence-electron chi connectivity index (χ4n) is 2.27. The zero-order valence-electron chi connectivity index (χ0n) is 11.8. The van der Waals surface area contributed by atoms with Gasteiger partial charge in [0.15, 0.2) is 10.8 Å². The van der Waals surface area contributed by atoms with E-state index in [4.69, 9.17) is 5.73 Å². The van der Waals surface area contributed by atoms with Crippen LogP contribution in [0.5, 0.6) is 0 Å². The second-order valence-corrected chi connectivity index (χ2v) is 7.47. The first-order chi connectivity index (χ1) is 8.66. The second-order valence-electron chi connectivity index (χ2n) is 5.62. The molecule has 108 valence electrons. The molecule has 0 aromatic carbocycles. The molecule has 2 N–H and O–H groups in total. The van der Waals surface area contributed by atoms with E-state index < -0.39 is 10.0 Å². The largest absolute Gasteiger partial charge is 0.381 e.